The second kappa shape index (κ2) is 8.60. The summed E-state index contributed by atoms with van der Waals surface area (Å²) >= 11 is 6.63. The average molecular weight is 272 g/mol. The molecule has 96 valence electrons. The molecule has 0 aromatic carbocycles. The SMILES string of the molecule is CCCCN(CCCC)Sc1ncnc(=S)[nH]1. The van der Waals surface area contributed by atoms with E-state index in [4.69, 9.17) is 12.2 Å². The van der Waals surface area contributed by atoms with Crippen LogP contribution in [0.3, 0.4) is 0 Å². The normalized spacial score (nSPS) is 11.0. The van der Waals surface area contributed by atoms with Crippen molar-refractivity contribution >= 4 is 24.2 Å². The first-order valence-electron chi connectivity index (χ1n) is 6.10. The number of rotatable bonds is 8. The molecule has 1 heterocycles. The van der Waals surface area contributed by atoms with Gasteiger partial charge in [-0.2, -0.15) is 0 Å². The van der Waals surface area contributed by atoms with E-state index in [1.54, 1.807) is 11.9 Å². The monoisotopic (exact) mass is 272 g/mol. The van der Waals surface area contributed by atoms with Crippen LogP contribution in [0.2, 0.25) is 0 Å². The Balaban J connectivity index is 2.54. The van der Waals surface area contributed by atoms with E-state index in [2.05, 4.69) is 33.1 Å². The second-order valence-corrected chi connectivity index (χ2v) is 5.31. The summed E-state index contributed by atoms with van der Waals surface area (Å²) in [7, 11) is 0. The van der Waals surface area contributed by atoms with Crippen LogP contribution in [0.25, 0.3) is 0 Å². The van der Waals surface area contributed by atoms with E-state index in [9.17, 15) is 0 Å². The van der Waals surface area contributed by atoms with Gasteiger partial charge in [0, 0.05) is 13.1 Å². The number of unbranched alkanes of at least 4 members (excludes halogenated alkanes) is 2. The molecule has 1 N–H and O–H groups in total. The maximum atomic E-state index is 4.99. The summed E-state index contributed by atoms with van der Waals surface area (Å²) in [6, 6.07) is 0. The van der Waals surface area contributed by atoms with Crippen LogP contribution in [-0.2, 0) is 0 Å². The fraction of sp³-hybridized carbons (Fsp3) is 0.727. The Morgan fingerprint density at radius 2 is 1.88 bits per heavy atom. The quantitative estimate of drug-likeness (QED) is 0.580. The third kappa shape index (κ3) is 6.14. The molecule has 0 atom stereocenters. The molecule has 6 heteroatoms. The minimum atomic E-state index is 0.494. The van der Waals surface area contributed by atoms with Crippen LogP contribution in [0.5, 0.6) is 0 Å². The minimum Gasteiger partial charge on any atom is -0.309 e. The van der Waals surface area contributed by atoms with Crippen LogP contribution in [-0.4, -0.2) is 32.3 Å². The molecule has 1 aromatic rings. The number of hydrogen-bond donors (Lipinski definition) is 1. The molecule has 0 aliphatic heterocycles. The van der Waals surface area contributed by atoms with Crippen molar-refractivity contribution in [2.75, 3.05) is 13.1 Å². The zero-order valence-electron chi connectivity index (χ0n) is 10.5. The zero-order chi connectivity index (χ0) is 12.5. The van der Waals surface area contributed by atoms with Gasteiger partial charge in [0.05, 0.1) is 0 Å². The molecule has 0 spiro atoms. The van der Waals surface area contributed by atoms with Crippen molar-refractivity contribution in [1.29, 1.82) is 0 Å². The highest BCUT2D eigenvalue weighted by atomic mass is 32.2. The topological polar surface area (TPSA) is 44.8 Å². The average Bonchev–Trinajstić information content (AvgIpc) is 2.32. The van der Waals surface area contributed by atoms with Gasteiger partial charge in [0.2, 0.25) is 0 Å². The van der Waals surface area contributed by atoms with Crippen LogP contribution in [0, 0.1) is 4.77 Å². The van der Waals surface area contributed by atoms with Crippen LogP contribution in [0.1, 0.15) is 39.5 Å². The van der Waals surface area contributed by atoms with Crippen LogP contribution in [0.4, 0.5) is 0 Å². The van der Waals surface area contributed by atoms with E-state index in [1.807, 2.05) is 0 Å². The first-order chi connectivity index (χ1) is 8.26. The first-order valence-corrected chi connectivity index (χ1v) is 7.28. The van der Waals surface area contributed by atoms with Crippen molar-refractivity contribution in [3.8, 4) is 0 Å². The van der Waals surface area contributed by atoms with E-state index in [-0.39, 0.29) is 0 Å². The fourth-order valence-electron chi connectivity index (χ4n) is 1.33. The zero-order valence-corrected chi connectivity index (χ0v) is 12.1. The number of hydrogen-bond acceptors (Lipinski definition) is 5. The summed E-state index contributed by atoms with van der Waals surface area (Å²) in [4.78, 5) is 11.1. The van der Waals surface area contributed by atoms with Gasteiger partial charge in [0.1, 0.15) is 6.33 Å². The largest absolute Gasteiger partial charge is 0.309 e. The highest BCUT2D eigenvalue weighted by Crippen LogP contribution is 2.19. The van der Waals surface area contributed by atoms with Crippen LogP contribution < -0.4 is 0 Å². The molecule has 0 aliphatic rings. The minimum absolute atomic E-state index is 0.494. The fourth-order valence-corrected chi connectivity index (χ4v) is 2.46. The van der Waals surface area contributed by atoms with Gasteiger partial charge in [-0.05, 0) is 37.0 Å². The van der Waals surface area contributed by atoms with E-state index >= 15 is 0 Å². The molecule has 0 bridgehead atoms. The Hall–Kier alpha value is -0.460. The lowest BCUT2D eigenvalue weighted by atomic mass is 10.3. The van der Waals surface area contributed by atoms with Crippen LogP contribution >= 0.6 is 24.2 Å². The lowest BCUT2D eigenvalue weighted by Crippen LogP contribution is -2.19. The molecule has 0 saturated heterocycles. The van der Waals surface area contributed by atoms with Gasteiger partial charge < -0.3 is 4.98 Å². The summed E-state index contributed by atoms with van der Waals surface area (Å²) in [5.74, 6) is 0. The van der Waals surface area contributed by atoms with E-state index in [0.717, 1.165) is 18.2 Å². The predicted octanol–water partition coefficient (Wildman–Crippen LogP) is 3.44. The second-order valence-electron chi connectivity index (χ2n) is 3.84. The molecule has 17 heavy (non-hydrogen) atoms. The Bertz CT molecular complexity index is 358. The summed E-state index contributed by atoms with van der Waals surface area (Å²) in [6.45, 7) is 6.60. The van der Waals surface area contributed by atoms with Crippen molar-refractivity contribution < 1.29 is 0 Å². The first kappa shape index (κ1) is 14.6. The van der Waals surface area contributed by atoms with Crippen molar-refractivity contribution in [2.24, 2.45) is 0 Å². The maximum absolute atomic E-state index is 4.99. The highest BCUT2D eigenvalue weighted by molar-refractivity contribution is 7.96. The van der Waals surface area contributed by atoms with Gasteiger partial charge in [-0.25, -0.2) is 14.3 Å². The van der Waals surface area contributed by atoms with E-state index in [1.165, 1.54) is 32.0 Å². The molecule has 0 saturated carbocycles. The van der Waals surface area contributed by atoms with Crippen molar-refractivity contribution in [1.82, 2.24) is 19.3 Å². The molecule has 0 amide bonds. The maximum Gasteiger partial charge on any atom is 0.200 e. The Morgan fingerprint density at radius 3 is 2.41 bits per heavy atom. The van der Waals surface area contributed by atoms with Gasteiger partial charge in [0.25, 0.3) is 0 Å². The number of nitrogens with zero attached hydrogens (tertiary/aromatic N) is 3. The summed E-state index contributed by atoms with van der Waals surface area (Å²) < 4.78 is 2.84. The number of H-pyrrole nitrogens is 1. The lowest BCUT2D eigenvalue weighted by Gasteiger charge is -2.19. The smallest absolute Gasteiger partial charge is 0.200 e. The van der Waals surface area contributed by atoms with Crippen LogP contribution in [0.15, 0.2) is 11.5 Å². The highest BCUT2D eigenvalue weighted by Gasteiger charge is 2.07. The lowest BCUT2D eigenvalue weighted by molar-refractivity contribution is 0.442. The van der Waals surface area contributed by atoms with E-state index in [0.29, 0.717) is 4.77 Å². The number of aromatic nitrogens is 3. The number of aromatic amines is 1. The summed E-state index contributed by atoms with van der Waals surface area (Å²) in [5.41, 5.74) is 0. The third-order valence-electron chi connectivity index (χ3n) is 2.30. The summed E-state index contributed by atoms with van der Waals surface area (Å²) in [6.07, 6.45) is 6.36. The Labute approximate surface area is 112 Å². The Morgan fingerprint density at radius 1 is 1.24 bits per heavy atom. The van der Waals surface area contributed by atoms with Gasteiger partial charge in [-0.15, -0.1) is 0 Å². The predicted molar refractivity (Wildman–Crippen MR) is 74.5 cm³/mol. The standard InChI is InChI=1S/C11H20N4S2/c1-3-5-7-15(8-6-4-2)17-11-13-9-12-10(16)14-11/h9H,3-8H2,1-2H3,(H,12,13,14,16). The molecular weight excluding hydrogens is 252 g/mol. The van der Waals surface area contributed by atoms with E-state index < -0.39 is 0 Å². The molecule has 0 aliphatic carbocycles. The van der Waals surface area contributed by atoms with Crippen molar-refractivity contribution in [3.63, 3.8) is 0 Å². The van der Waals surface area contributed by atoms with Gasteiger partial charge in [-0.1, -0.05) is 26.7 Å². The molecule has 0 fully saturated rings. The molecule has 0 unspecified atom stereocenters. The Kier molecular flexibility index (Phi) is 7.39. The van der Waals surface area contributed by atoms with Crippen molar-refractivity contribution in [2.45, 2.75) is 44.7 Å². The van der Waals surface area contributed by atoms with Gasteiger partial charge in [-0.3, -0.25) is 0 Å². The molecule has 1 rings (SSSR count). The summed E-state index contributed by atoms with van der Waals surface area (Å²) in [5, 5.41) is 0.831. The number of nitrogens with one attached hydrogen (secondary N) is 1. The molecule has 0 radical (unpaired) electrons. The van der Waals surface area contributed by atoms with Gasteiger partial charge >= 0.3 is 0 Å². The third-order valence-corrected chi connectivity index (χ3v) is 3.51. The molecule has 1 aromatic heterocycles. The van der Waals surface area contributed by atoms with Crippen molar-refractivity contribution in [3.05, 3.63) is 11.1 Å². The van der Waals surface area contributed by atoms with Gasteiger partial charge in [0.15, 0.2) is 9.93 Å². The molecular formula is C11H20N4S2. The molecule has 4 nitrogen and oxygen atoms in total.